The van der Waals surface area contributed by atoms with Crippen LogP contribution in [0.4, 0.5) is 0 Å². The molecule has 110 valence electrons. The molecule has 2 saturated heterocycles. The molecule has 1 aromatic carbocycles. The Morgan fingerprint density at radius 2 is 2.05 bits per heavy atom. The Hall–Kier alpha value is -0.900. The van der Waals surface area contributed by atoms with Gasteiger partial charge in [0, 0.05) is 25.7 Å². The average molecular weight is 273 g/mol. The largest absolute Gasteiger partial charge is 0.326 e. The summed E-state index contributed by atoms with van der Waals surface area (Å²) in [5, 5.41) is 0. The smallest absolute Gasteiger partial charge is 0.0237 e. The zero-order chi connectivity index (χ0) is 13.9. The minimum atomic E-state index is 0.641. The van der Waals surface area contributed by atoms with Gasteiger partial charge in [0.1, 0.15) is 0 Å². The van der Waals surface area contributed by atoms with E-state index in [4.69, 9.17) is 5.73 Å². The lowest BCUT2D eigenvalue weighted by Gasteiger charge is -2.26. The third kappa shape index (κ3) is 3.05. The summed E-state index contributed by atoms with van der Waals surface area (Å²) in [7, 11) is 0. The van der Waals surface area contributed by atoms with Crippen molar-refractivity contribution in [3.05, 3.63) is 34.9 Å². The van der Waals surface area contributed by atoms with Crippen molar-refractivity contribution in [1.29, 1.82) is 0 Å². The van der Waals surface area contributed by atoms with Crippen LogP contribution in [0.15, 0.2) is 18.2 Å². The van der Waals surface area contributed by atoms with Crippen molar-refractivity contribution in [2.24, 2.45) is 5.73 Å². The molecule has 0 radical (unpaired) electrons. The first-order chi connectivity index (χ1) is 9.76. The highest BCUT2D eigenvalue weighted by atomic mass is 15.3. The fraction of sp³-hybridized carbons (Fsp3) is 0.647. The van der Waals surface area contributed by atoms with Gasteiger partial charge in [-0.2, -0.15) is 0 Å². The maximum Gasteiger partial charge on any atom is 0.0237 e. The zero-order valence-corrected chi connectivity index (χ0v) is 12.6. The second kappa shape index (κ2) is 6.25. The van der Waals surface area contributed by atoms with Gasteiger partial charge in [-0.15, -0.1) is 0 Å². The number of nitrogens with two attached hydrogens (primary N) is 1. The molecule has 2 aliphatic heterocycles. The first-order valence-corrected chi connectivity index (χ1v) is 8.01. The maximum absolute atomic E-state index is 5.72. The van der Waals surface area contributed by atoms with Crippen LogP contribution < -0.4 is 5.73 Å². The van der Waals surface area contributed by atoms with Crippen LogP contribution in [0.2, 0.25) is 0 Å². The molecular weight excluding hydrogens is 246 g/mol. The summed E-state index contributed by atoms with van der Waals surface area (Å²) in [6.45, 7) is 9.06. The molecule has 0 amide bonds. The first-order valence-electron chi connectivity index (χ1n) is 8.01. The summed E-state index contributed by atoms with van der Waals surface area (Å²) in [5.74, 6) is 0. The van der Waals surface area contributed by atoms with Crippen LogP contribution in [-0.2, 0) is 13.1 Å². The van der Waals surface area contributed by atoms with E-state index in [0.29, 0.717) is 6.54 Å². The summed E-state index contributed by atoms with van der Waals surface area (Å²) in [6, 6.07) is 7.51. The monoisotopic (exact) mass is 273 g/mol. The van der Waals surface area contributed by atoms with Crippen LogP contribution in [0, 0.1) is 6.92 Å². The molecular formula is C17H27N3. The van der Waals surface area contributed by atoms with Crippen LogP contribution >= 0.6 is 0 Å². The van der Waals surface area contributed by atoms with Crippen LogP contribution in [0.5, 0.6) is 0 Å². The third-order valence-electron chi connectivity index (χ3n) is 4.92. The molecule has 2 fully saturated rings. The number of fused-ring (bicyclic) bond motifs is 1. The van der Waals surface area contributed by atoms with Gasteiger partial charge < -0.3 is 5.73 Å². The summed E-state index contributed by atoms with van der Waals surface area (Å²) < 4.78 is 0. The molecule has 0 spiro atoms. The molecule has 2 heterocycles. The molecule has 2 aliphatic rings. The van der Waals surface area contributed by atoms with E-state index in [1.165, 1.54) is 62.1 Å². The Morgan fingerprint density at radius 3 is 2.85 bits per heavy atom. The van der Waals surface area contributed by atoms with Crippen molar-refractivity contribution in [1.82, 2.24) is 9.80 Å². The molecule has 20 heavy (non-hydrogen) atoms. The Labute approximate surface area is 122 Å². The Morgan fingerprint density at radius 1 is 1.20 bits per heavy atom. The average Bonchev–Trinajstić information content (AvgIpc) is 2.80. The van der Waals surface area contributed by atoms with E-state index in [-0.39, 0.29) is 0 Å². The Bertz CT molecular complexity index is 458. The highest BCUT2D eigenvalue weighted by Crippen LogP contribution is 2.23. The van der Waals surface area contributed by atoms with Gasteiger partial charge in [-0.3, -0.25) is 9.80 Å². The van der Waals surface area contributed by atoms with E-state index >= 15 is 0 Å². The highest BCUT2D eigenvalue weighted by Gasteiger charge is 2.28. The number of nitrogens with zero attached hydrogens (tertiary/aromatic N) is 2. The SMILES string of the molecule is Cc1cc(CN)ccc1CN1CCCN2CCCC2C1. The molecule has 1 aromatic rings. The maximum atomic E-state index is 5.72. The molecule has 2 N–H and O–H groups in total. The summed E-state index contributed by atoms with van der Waals surface area (Å²) in [5.41, 5.74) is 9.81. The normalized spacial score (nSPS) is 24.6. The van der Waals surface area contributed by atoms with Gasteiger partial charge in [-0.1, -0.05) is 18.2 Å². The minimum absolute atomic E-state index is 0.641. The Balaban J connectivity index is 1.67. The summed E-state index contributed by atoms with van der Waals surface area (Å²) in [6.07, 6.45) is 4.10. The molecule has 1 unspecified atom stereocenters. The number of aryl methyl sites for hydroxylation is 1. The lowest BCUT2D eigenvalue weighted by atomic mass is 10.0. The lowest BCUT2D eigenvalue weighted by molar-refractivity contribution is 0.215. The van der Waals surface area contributed by atoms with Crippen LogP contribution in [-0.4, -0.2) is 42.0 Å². The van der Waals surface area contributed by atoms with E-state index in [1.807, 2.05) is 0 Å². The van der Waals surface area contributed by atoms with Crippen LogP contribution in [0.3, 0.4) is 0 Å². The molecule has 0 aliphatic carbocycles. The van der Waals surface area contributed by atoms with Gasteiger partial charge in [-0.05, 0) is 62.5 Å². The van der Waals surface area contributed by atoms with Crippen molar-refractivity contribution in [2.75, 3.05) is 26.2 Å². The fourth-order valence-corrected chi connectivity index (χ4v) is 3.73. The van der Waals surface area contributed by atoms with Gasteiger partial charge in [0.2, 0.25) is 0 Å². The van der Waals surface area contributed by atoms with E-state index in [9.17, 15) is 0 Å². The molecule has 0 bridgehead atoms. The summed E-state index contributed by atoms with van der Waals surface area (Å²) >= 11 is 0. The van der Waals surface area contributed by atoms with Gasteiger partial charge in [0.25, 0.3) is 0 Å². The van der Waals surface area contributed by atoms with Gasteiger partial charge in [0.15, 0.2) is 0 Å². The van der Waals surface area contributed by atoms with Gasteiger partial charge >= 0.3 is 0 Å². The molecule has 3 heteroatoms. The molecule has 3 rings (SSSR count). The van der Waals surface area contributed by atoms with E-state index in [0.717, 1.165) is 12.6 Å². The van der Waals surface area contributed by atoms with Crippen molar-refractivity contribution >= 4 is 0 Å². The topological polar surface area (TPSA) is 32.5 Å². The fourth-order valence-electron chi connectivity index (χ4n) is 3.73. The van der Waals surface area contributed by atoms with Crippen molar-refractivity contribution in [3.8, 4) is 0 Å². The number of benzene rings is 1. The first kappa shape index (κ1) is 14.1. The highest BCUT2D eigenvalue weighted by molar-refractivity contribution is 5.31. The van der Waals surface area contributed by atoms with Crippen LogP contribution in [0.25, 0.3) is 0 Å². The minimum Gasteiger partial charge on any atom is -0.326 e. The van der Waals surface area contributed by atoms with Crippen molar-refractivity contribution in [3.63, 3.8) is 0 Å². The van der Waals surface area contributed by atoms with Crippen molar-refractivity contribution < 1.29 is 0 Å². The van der Waals surface area contributed by atoms with E-state index in [2.05, 4.69) is 34.9 Å². The number of rotatable bonds is 3. The van der Waals surface area contributed by atoms with Crippen molar-refractivity contribution in [2.45, 2.75) is 45.3 Å². The lowest BCUT2D eigenvalue weighted by Crippen LogP contribution is -2.36. The zero-order valence-electron chi connectivity index (χ0n) is 12.6. The summed E-state index contributed by atoms with van der Waals surface area (Å²) in [4.78, 5) is 5.35. The standard InChI is InChI=1S/C17H27N3/c1-14-10-15(11-18)5-6-16(14)12-19-7-3-9-20-8-2-4-17(20)13-19/h5-6,10,17H,2-4,7-9,11-13,18H2,1H3. The number of hydrogen-bond acceptors (Lipinski definition) is 3. The number of hydrogen-bond donors (Lipinski definition) is 1. The predicted molar refractivity (Wildman–Crippen MR) is 83.6 cm³/mol. The molecule has 1 atom stereocenters. The Kier molecular flexibility index (Phi) is 4.39. The second-order valence-electron chi connectivity index (χ2n) is 6.39. The molecule has 0 saturated carbocycles. The third-order valence-corrected chi connectivity index (χ3v) is 4.92. The van der Waals surface area contributed by atoms with Crippen LogP contribution in [0.1, 0.15) is 36.0 Å². The van der Waals surface area contributed by atoms with E-state index < -0.39 is 0 Å². The van der Waals surface area contributed by atoms with Gasteiger partial charge in [-0.25, -0.2) is 0 Å². The second-order valence-corrected chi connectivity index (χ2v) is 6.39. The predicted octanol–water partition coefficient (Wildman–Crippen LogP) is 2.12. The molecule has 0 aromatic heterocycles. The van der Waals surface area contributed by atoms with E-state index in [1.54, 1.807) is 0 Å². The van der Waals surface area contributed by atoms with Gasteiger partial charge in [0.05, 0.1) is 0 Å². The quantitative estimate of drug-likeness (QED) is 0.915. The molecule has 3 nitrogen and oxygen atoms in total.